The second kappa shape index (κ2) is 12.7. The molecule has 1 atom stereocenters. The molecule has 1 heterocycles. The Morgan fingerprint density at radius 1 is 1.06 bits per heavy atom. The number of aryl methyl sites for hydroxylation is 1. The fourth-order valence-corrected chi connectivity index (χ4v) is 3.73. The SMILES string of the molecule is CCN(CC)CCCC(C)NC(=O)CCC(=O)Nc1cc(C(C)(C)C)nn1-c1ccc(C)cc1. The van der Waals surface area contributed by atoms with Crippen LogP contribution in [0.15, 0.2) is 30.3 Å². The van der Waals surface area contributed by atoms with E-state index >= 15 is 0 Å². The molecule has 0 spiro atoms. The van der Waals surface area contributed by atoms with Gasteiger partial charge in [0.25, 0.3) is 0 Å². The maximum absolute atomic E-state index is 12.7. The summed E-state index contributed by atoms with van der Waals surface area (Å²) in [6, 6.07) is 10.0. The third-order valence-corrected chi connectivity index (χ3v) is 6.02. The van der Waals surface area contributed by atoms with Crippen molar-refractivity contribution >= 4 is 17.6 Å². The van der Waals surface area contributed by atoms with Gasteiger partial charge in [-0.25, -0.2) is 4.68 Å². The number of amides is 2. The van der Waals surface area contributed by atoms with Crippen LogP contribution in [0, 0.1) is 6.92 Å². The van der Waals surface area contributed by atoms with Crippen LogP contribution < -0.4 is 10.6 Å². The lowest BCUT2D eigenvalue weighted by molar-refractivity contribution is -0.124. The zero-order chi connectivity index (χ0) is 25.3. The van der Waals surface area contributed by atoms with Crippen molar-refractivity contribution in [2.75, 3.05) is 25.0 Å². The van der Waals surface area contributed by atoms with Gasteiger partial charge in [0.2, 0.25) is 11.8 Å². The third kappa shape index (κ3) is 8.60. The Bertz CT molecular complexity index is 923. The third-order valence-electron chi connectivity index (χ3n) is 6.02. The molecule has 188 valence electrons. The minimum atomic E-state index is -0.196. The highest BCUT2D eigenvalue weighted by molar-refractivity contribution is 5.92. The first-order chi connectivity index (χ1) is 16.0. The Balaban J connectivity index is 1.92. The summed E-state index contributed by atoms with van der Waals surface area (Å²) < 4.78 is 1.76. The topological polar surface area (TPSA) is 79.3 Å². The van der Waals surface area contributed by atoms with Crippen molar-refractivity contribution in [3.05, 3.63) is 41.6 Å². The van der Waals surface area contributed by atoms with E-state index in [0.29, 0.717) is 5.82 Å². The Hall–Kier alpha value is -2.67. The van der Waals surface area contributed by atoms with Crippen LogP contribution in [0.5, 0.6) is 0 Å². The van der Waals surface area contributed by atoms with Gasteiger partial charge in [-0.3, -0.25) is 9.59 Å². The number of anilines is 1. The normalized spacial score (nSPS) is 12.6. The number of nitrogens with zero attached hydrogens (tertiary/aromatic N) is 3. The van der Waals surface area contributed by atoms with Crippen LogP contribution in [0.3, 0.4) is 0 Å². The Morgan fingerprint density at radius 2 is 1.68 bits per heavy atom. The van der Waals surface area contributed by atoms with Crippen molar-refractivity contribution < 1.29 is 9.59 Å². The minimum Gasteiger partial charge on any atom is -0.354 e. The van der Waals surface area contributed by atoms with Gasteiger partial charge < -0.3 is 15.5 Å². The summed E-state index contributed by atoms with van der Waals surface area (Å²) in [6.45, 7) is 17.8. The maximum atomic E-state index is 12.7. The van der Waals surface area contributed by atoms with E-state index < -0.39 is 0 Å². The van der Waals surface area contributed by atoms with Gasteiger partial charge in [0.1, 0.15) is 5.82 Å². The highest BCUT2D eigenvalue weighted by Crippen LogP contribution is 2.26. The Kier molecular flexibility index (Phi) is 10.3. The minimum absolute atomic E-state index is 0.0899. The molecule has 7 heteroatoms. The molecule has 1 aromatic heterocycles. The number of benzene rings is 1. The molecule has 2 N–H and O–H groups in total. The van der Waals surface area contributed by atoms with Gasteiger partial charge >= 0.3 is 0 Å². The number of aromatic nitrogens is 2. The first kappa shape index (κ1) is 27.6. The van der Waals surface area contributed by atoms with E-state index in [1.807, 2.05) is 44.2 Å². The largest absolute Gasteiger partial charge is 0.354 e. The van der Waals surface area contributed by atoms with Gasteiger partial charge in [0, 0.05) is 30.4 Å². The van der Waals surface area contributed by atoms with Crippen molar-refractivity contribution in [1.82, 2.24) is 20.0 Å². The fraction of sp³-hybridized carbons (Fsp3) is 0.593. The van der Waals surface area contributed by atoms with E-state index in [1.54, 1.807) is 4.68 Å². The quantitative estimate of drug-likeness (QED) is 0.467. The van der Waals surface area contributed by atoms with Crippen LogP contribution in [-0.2, 0) is 15.0 Å². The summed E-state index contributed by atoms with van der Waals surface area (Å²) >= 11 is 0. The predicted octanol–water partition coefficient (Wildman–Crippen LogP) is 4.82. The second-order valence-electron chi connectivity index (χ2n) is 10.1. The molecule has 1 aromatic carbocycles. The molecule has 1 unspecified atom stereocenters. The summed E-state index contributed by atoms with van der Waals surface area (Å²) in [6.07, 6.45) is 2.27. The van der Waals surface area contributed by atoms with E-state index in [0.717, 1.165) is 49.4 Å². The summed E-state index contributed by atoms with van der Waals surface area (Å²) in [4.78, 5) is 27.4. The highest BCUT2D eigenvalue weighted by Gasteiger charge is 2.22. The fourth-order valence-electron chi connectivity index (χ4n) is 3.73. The average molecular weight is 470 g/mol. The molecule has 0 aliphatic rings. The summed E-state index contributed by atoms with van der Waals surface area (Å²) in [5.74, 6) is 0.329. The summed E-state index contributed by atoms with van der Waals surface area (Å²) in [7, 11) is 0. The monoisotopic (exact) mass is 469 g/mol. The van der Waals surface area contributed by atoms with Crippen molar-refractivity contribution in [3.8, 4) is 5.69 Å². The molecular formula is C27H43N5O2. The molecule has 0 fully saturated rings. The van der Waals surface area contributed by atoms with Gasteiger partial charge in [-0.15, -0.1) is 0 Å². The van der Waals surface area contributed by atoms with Crippen LogP contribution >= 0.6 is 0 Å². The predicted molar refractivity (Wildman–Crippen MR) is 139 cm³/mol. The Morgan fingerprint density at radius 3 is 2.26 bits per heavy atom. The summed E-state index contributed by atoms with van der Waals surface area (Å²) in [5.41, 5.74) is 2.77. The number of carbonyl (C=O) groups is 2. The number of nitrogens with one attached hydrogen (secondary N) is 2. The number of carbonyl (C=O) groups excluding carboxylic acids is 2. The van der Waals surface area contributed by atoms with Crippen LogP contribution in [-0.4, -0.2) is 52.2 Å². The number of hydrogen-bond acceptors (Lipinski definition) is 4. The maximum Gasteiger partial charge on any atom is 0.226 e. The molecule has 0 saturated carbocycles. The van der Waals surface area contributed by atoms with Crippen LogP contribution in [0.25, 0.3) is 5.69 Å². The molecule has 0 aliphatic carbocycles. The lowest BCUT2D eigenvalue weighted by atomic mass is 9.92. The van der Waals surface area contributed by atoms with Crippen molar-refractivity contribution in [1.29, 1.82) is 0 Å². The van der Waals surface area contributed by atoms with Crippen molar-refractivity contribution in [2.45, 2.75) is 85.6 Å². The van der Waals surface area contributed by atoms with Gasteiger partial charge in [0.15, 0.2) is 0 Å². The standard InChI is InChI=1S/C27H43N5O2/c1-8-31(9-2)18-10-11-21(4)28-25(33)16-17-26(34)29-24-19-23(27(5,6)7)30-32(24)22-14-12-20(3)13-15-22/h12-15,19,21H,8-11,16-18H2,1-7H3,(H,28,33)(H,29,34). The van der Waals surface area contributed by atoms with E-state index in [4.69, 9.17) is 5.10 Å². The molecule has 0 aliphatic heterocycles. The first-order valence-corrected chi connectivity index (χ1v) is 12.5. The molecule has 2 rings (SSSR count). The van der Waals surface area contributed by atoms with Gasteiger partial charge in [-0.1, -0.05) is 52.3 Å². The van der Waals surface area contributed by atoms with E-state index in [-0.39, 0.29) is 36.1 Å². The number of rotatable bonds is 12. The van der Waals surface area contributed by atoms with Crippen LogP contribution in [0.1, 0.15) is 78.5 Å². The molecule has 0 radical (unpaired) electrons. The zero-order valence-electron chi connectivity index (χ0n) is 22.1. The highest BCUT2D eigenvalue weighted by atomic mass is 16.2. The lowest BCUT2D eigenvalue weighted by Gasteiger charge is -2.19. The van der Waals surface area contributed by atoms with E-state index in [1.165, 1.54) is 0 Å². The molecule has 2 aromatic rings. The zero-order valence-corrected chi connectivity index (χ0v) is 22.1. The van der Waals surface area contributed by atoms with Gasteiger partial charge in [-0.2, -0.15) is 5.10 Å². The number of hydrogen-bond donors (Lipinski definition) is 2. The van der Waals surface area contributed by atoms with E-state index in [9.17, 15) is 9.59 Å². The Labute approximate surface area is 205 Å². The van der Waals surface area contributed by atoms with Crippen molar-refractivity contribution in [2.24, 2.45) is 0 Å². The molecule has 0 bridgehead atoms. The molecular weight excluding hydrogens is 426 g/mol. The van der Waals surface area contributed by atoms with Gasteiger partial charge in [-0.05, 0) is 58.5 Å². The average Bonchev–Trinajstić information content (AvgIpc) is 3.20. The molecule has 34 heavy (non-hydrogen) atoms. The van der Waals surface area contributed by atoms with Crippen molar-refractivity contribution in [3.63, 3.8) is 0 Å². The smallest absolute Gasteiger partial charge is 0.226 e. The lowest BCUT2D eigenvalue weighted by Crippen LogP contribution is -2.34. The summed E-state index contributed by atoms with van der Waals surface area (Å²) in [5, 5.41) is 10.7. The van der Waals surface area contributed by atoms with Gasteiger partial charge in [0.05, 0.1) is 11.4 Å². The molecule has 2 amide bonds. The second-order valence-corrected chi connectivity index (χ2v) is 10.1. The van der Waals surface area contributed by atoms with Crippen LogP contribution in [0.2, 0.25) is 0 Å². The molecule has 0 saturated heterocycles. The molecule has 7 nitrogen and oxygen atoms in total. The first-order valence-electron chi connectivity index (χ1n) is 12.5. The van der Waals surface area contributed by atoms with Crippen LogP contribution in [0.4, 0.5) is 5.82 Å². The van der Waals surface area contributed by atoms with E-state index in [2.05, 4.69) is 50.2 Å².